The van der Waals surface area contributed by atoms with Gasteiger partial charge >= 0.3 is 0 Å². The highest BCUT2D eigenvalue weighted by Gasteiger charge is 2.09. The van der Waals surface area contributed by atoms with Crippen LogP contribution in [0.1, 0.15) is 37.0 Å². The van der Waals surface area contributed by atoms with Crippen molar-refractivity contribution in [1.82, 2.24) is 10.6 Å². The van der Waals surface area contributed by atoms with E-state index in [2.05, 4.69) is 35.5 Å². The van der Waals surface area contributed by atoms with Gasteiger partial charge in [-0.2, -0.15) is 0 Å². The Morgan fingerprint density at radius 2 is 1.92 bits per heavy atom. The molecular weight excluding hydrogens is 345 g/mol. The second-order valence-corrected chi connectivity index (χ2v) is 5.63. The predicted molar refractivity (Wildman–Crippen MR) is 107 cm³/mol. The highest BCUT2D eigenvalue weighted by Crippen LogP contribution is 2.15. The first-order chi connectivity index (χ1) is 10.7. The van der Waals surface area contributed by atoms with Crippen LogP contribution in [0.15, 0.2) is 35.9 Å². The molecule has 136 valence electrons. The third-order valence-electron chi connectivity index (χ3n) is 4.00. The van der Waals surface area contributed by atoms with Gasteiger partial charge in [-0.1, -0.05) is 18.6 Å². The zero-order valence-electron chi connectivity index (χ0n) is 14.5. The van der Waals surface area contributed by atoms with Crippen molar-refractivity contribution in [3.63, 3.8) is 0 Å². The summed E-state index contributed by atoms with van der Waals surface area (Å²) in [4.78, 5) is 14.5. The van der Waals surface area contributed by atoms with Crippen LogP contribution in [0.3, 0.4) is 0 Å². The molecule has 0 atom stereocenters. The van der Waals surface area contributed by atoms with Crippen molar-refractivity contribution >= 4 is 36.4 Å². The van der Waals surface area contributed by atoms with Crippen molar-refractivity contribution in [1.29, 1.82) is 0 Å². The van der Waals surface area contributed by atoms with Crippen molar-refractivity contribution in [3.05, 3.63) is 41.5 Å². The lowest BCUT2D eigenvalue weighted by atomic mass is 10.1. The lowest BCUT2D eigenvalue weighted by Crippen LogP contribution is -2.29. The van der Waals surface area contributed by atoms with E-state index in [1.807, 2.05) is 24.3 Å². The minimum atomic E-state index is 0. The zero-order valence-corrected chi connectivity index (χ0v) is 16.1. The van der Waals surface area contributed by atoms with Gasteiger partial charge in [0.15, 0.2) is 0 Å². The number of hydrogen-bond acceptors (Lipinski definition) is 3. The maximum Gasteiger partial charge on any atom is 0.251 e. The molecule has 2 rings (SSSR count). The van der Waals surface area contributed by atoms with Crippen molar-refractivity contribution in [2.24, 2.45) is 0 Å². The molecule has 1 aromatic rings. The topological polar surface area (TPSA) is 44.4 Å². The Kier molecular flexibility index (Phi) is 11.6. The molecule has 1 aliphatic rings. The maximum atomic E-state index is 12.2. The predicted octanol–water partition coefficient (Wildman–Crippen LogP) is 3.42. The quantitative estimate of drug-likeness (QED) is 0.719. The molecule has 1 heterocycles. The van der Waals surface area contributed by atoms with Crippen LogP contribution < -0.4 is 15.5 Å². The average molecular weight is 374 g/mol. The summed E-state index contributed by atoms with van der Waals surface area (Å²) in [6, 6.07) is 7.91. The molecule has 0 spiro atoms. The number of hydrogen-bond donors (Lipinski definition) is 2. The van der Waals surface area contributed by atoms with Gasteiger partial charge in [0.25, 0.3) is 5.91 Å². The maximum absolute atomic E-state index is 12.2. The Balaban J connectivity index is 0.00000264. The summed E-state index contributed by atoms with van der Waals surface area (Å²) < 4.78 is 0. The van der Waals surface area contributed by atoms with Gasteiger partial charge in [0.1, 0.15) is 0 Å². The smallest absolute Gasteiger partial charge is 0.251 e. The monoisotopic (exact) mass is 373 g/mol. The van der Waals surface area contributed by atoms with Crippen LogP contribution in [0.5, 0.6) is 0 Å². The molecule has 1 amide bonds. The highest BCUT2D eigenvalue weighted by molar-refractivity contribution is 5.94. The van der Waals surface area contributed by atoms with Gasteiger partial charge in [0.2, 0.25) is 0 Å². The third kappa shape index (κ3) is 6.71. The van der Waals surface area contributed by atoms with Gasteiger partial charge in [0, 0.05) is 37.4 Å². The van der Waals surface area contributed by atoms with Gasteiger partial charge in [-0.05, 0) is 50.6 Å². The minimum absolute atomic E-state index is 0. The van der Waals surface area contributed by atoms with Crippen molar-refractivity contribution in [2.45, 2.75) is 26.7 Å². The summed E-state index contributed by atoms with van der Waals surface area (Å²) in [7, 11) is 0. The second kappa shape index (κ2) is 12.2. The van der Waals surface area contributed by atoms with Crippen LogP contribution in [0.25, 0.3) is 0 Å². The standard InChI is InChI=1S/C18H27N3O.2ClH/c1-3-13-21(4-2)17-7-5-16(6-8-17)18(22)20-14-15-9-11-19-12-10-15;;/h5-9,19H,3-4,10-14H2,1-2H3,(H,20,22);2*1H. The Hall–Kier alpha value is -1.23. The fourth-order valence-electron chi connectivity index (χ4n) is 2.69. The Bertz CT molecular complexity index is 518. The van der Waals surface area contributed by atoms with Gasteiger partial charge in [-0.25, -0.2) is 0 Å². The molecule has 0 saturated heterocycles. The van der Waals surface area contributed by atoms with Crippen molar-refractivity contribution in [2.75, 3.05) is 37.6 Å². The van der Waals surface area contributed by atoms with Crippen LogP contribution in [0.4, 0.5) is 5.69 Å². The third-order valence-corrected chi connectivity index (χ3v) is 4.00. The van der Waals surface area contributed by atoms with Crippen LogP contribution in [-0.2, 0) is 0 Å². The molecule has 0 aliphatic carbocycles. The van der Waals surface area contributed by atoms with E-state index in [9.17, 15) is 4.79 Å². The molecule has 24 heavy (non-hydrogen) atoms. The van der Waals surface area contributed by atoms with E-state index >= 15 is 0 Å². The summed E-state index contributed by atoms with van der Waals surface area (Å²) in [5, 5.41) is 6.28. The number of anilines is 1. The van der Waals surface area contributed by atoms with E-state index in [4.69, 9.17) is 0 Å². The summed E-state index contributed by atoms with van der Waals surface area (Å²) in [6.07, 6.45) is 4.30. The molecule has 0 aromatic heterocycles. The number of amides is 1. The zero-order chi connectivity index (χ0) is 15.8. The summed E-state index contributed by atoms with van der Waals surface area (Å²) in [6.45, 7) is 8.93. The first kappa shape index (κ1) is 22.8. The number of halogens is 2. The minimum Gasteiger partial charge on any atom is -0.372 e. The van der Waals surface area contributed by atoms with Gasteiger partial charge in [-0.3, -0.25) is 4.79 Å². The largest absolute Gasteiger partial charge is 0.372 e. The molecule has 1 aliphatic heterocycles. The molecule has 0 radical (unpaired) electrons. The first-order valence-electron chi connectivity index (χ1n) is 8.26. The fourth-order valence-corrected chi connectivity index (χ4v) is 2.69. The average Bonchev–Trinajstić information content (AvgIpc) is 2.58. The van der Waals surface area contributed by atoms with E-state index in [0.717, 1.165) is 44.6 Å². The second-order valence-electron chi connectivity index (χ2n) is 5.63. The number of benzene rings is 1. The molecule has 2 N–H and O–H groups in total. The van der Waals surface area contributed by atoms with E-state index in [-0.39, 0.29) is 30.7 Å². The number of carbonyl (C=O) groups excluding carboxylic acids is 1. The van der Waals surface area contributed by atoms with E-state index < -0.39 is 0 Å². The van der Waals surface area contributed by atoms with Crippen molar-refractivity contribution < 1.29 is 4.79 Å². The van der Waals surface area contributed by atoms with Gasteiger partial charge < -0.3 is 15.5 Å². The summed E-state index contributed by atoms with van der Waals surface area (Å²) in [5.74, 6) is 0.00419. The lowest BCUT2D eigenvalue weighted by molar-refractivity contribution is 0.0956. The van der Waals surface area contributed by atoms with Gasteiger partial charge in [-0.15, -0.1) is 24.8 Å². The number of carbonyl (C=O) groups is 1. The number of nitrogens with zero attached hydrogens (tertiary/aromatic N) is 1. The summed E-state index contributed by atoms with van der Waals surface area (Å²) >= 11 is 0. The fraction of sp³-hybridized carbons (Fsp3) is 0.500. The SMILES string of the molecule is CCCN(CC)c1ccc(C(=O)NCC2=CCNCC2)cc1.Cl.Cl. The van der Waals surface area contributed by atoms with Crippen LogP contribution in [0.2, 0.25) is 0 Å². The van der Waals surface area contributed by atoms with Gasteiger partial charge in [0.05, 0.1) is 0 Å². The Labute approximate surface area is 157 Å². The molecule has 0 fully saturated rings. The summed E-state index contributed by atoms with van der Waals surface area (Å²) in [5.41, 5.74) is 3.22. The van der Waals surface area contributed by atoms with Crippen molar-refractivity contribution in [3.8, 4) is 0 Å². The van der Waals surface area contributed by atoms with E-state index in [1.54, 1.807) is 0 Å². The number of nitrogens with one attached hydrogen (secondary N) is 2. The van der Waals surface area contributed by atoms with Crippen LogP contribution >= 0.6 is 24.8 Å². The molecule has 6 heteroatoms. The normalized spacial score (nSPS) is 13.2. The number of rotatable bonds is 7. The highest BCUT2D eigenvalue weighted by atomic mass is 35.5. The molecular formula is C18H29Cl2N3O. The molecule has 0 unspecified atom stereocenters. The molecule has 4 nitrogen and oxygen atoms in total. The lowest BCUT2D eigenvalue weighted by Gasteiger charge is -2.22. The van der Waals surface area contributed by atoms with E-state index in [0.29, 0.717) is 6.54 Å². The molecule has 0 bridgehead atoms. The molecule has 0 saturated carbocycles. The van der Waals surface area contributed by atoms with Crippen LogP contribution in [-0.4, -0.2) is 38.6 Å². The van der Waals surface area contributed by atoms with Crippen LogP contribution in [0, 0.1) is 0 Å². The Morgan fingerprint density at radius 1 is 1.21 bits per heavy atom. The molecule has 1 aromatic carbocycles. The first-order valence-corrected chi connectivity index (χ1v) is 8.26. The Morgan fingerprint density at radius 3 is 2.46 bits per heavy atom. The van der Waals surface area contributed by atoms with E-state index in [1.165, 1.54) is 11.3 Å².